The maximum absolute atomic E-state index is 11.7. The van der Waals surface area contributed by atoms with Crippen LogP contribution >= 0.6 is 0 Å². The number of hydrogen-bond acceptors (Lipinski definition) is 4. The third-order valence-electron chi connectivity index (χ3n) is 2.43. The van der Waals surface area contributed by atoms with Crippen LogP contribution in [-0.2, 0) is 10.0 Å². The first-order valence-electron chi connectivity index (χ1n) is 4.33. The van der Waals surface area contributed by atoms with Gasteiger partial charge in [0.2, 0.25) is 0 Å². The van der Waals surface area contributed by atoms with Gasteiger partial charge < -0.3 is 5.32 Å². The van der Waals surface area contributed by atoms with Crippen molar-refractivity contribution in [1.29, 1.82) is 0 Å². The average molecular weight is 226 g/mol. The van der Waals surface area contributed by atoms with E-state index in [1.807, 2.05) is 0 Å². The average Bonchev–Trinajstić information content (AvgIpc) is 2.40. The second kappa shape index (κ2) is 2.96. The first-order chi connectivity index (χ1) is 6.98. The molecule has 0 spiro atoms. The molecule has 80 valence electrons. The van der Waals surface area contributed by atoms with E-state index in [0.29, 0.717) is 5.69 Å². The number of nitrogens with zero attached hydrogens (tertiary/aromatic N) is 1. The van der Waals surface area contributed by atoms with E-state index in [2.05, 4.69) is 5.32 Å². The fourth-order valence-electron chi connectivity index (χ4n) is 1.49. The highest BCUT2D eigenvalue weighted by Gasteiger charge is 2.38. The molecular weight excluding hydrogens is 216 g/mol. The molecule has 15 heavy (non-hydrogen) atoms. The van der Waals surface area contributed by atoms with E-state index in [9.17, 15) is 13.2 Å². The molecule has 6 heteroatoms. The summed E-state index contributed by atoms with van der Waals surface area (Å²) in [6, 6.07) is 4.65. The van der Waals surface area contributed by atoms with Gasteiger partial charge in [-0.1, -0.05) is 0 Å². The first-order valence-corrected chi connectivity index (χ1v) is 5.77. The van der Waals surface area contributed by atoms with Crippen LogP contribution in [0.3, 0.4) is 0 Å². The van der Waals surface area contributed by atoms with Crippen LogP contribution in [0.25, 0.3) is 0 Å². The van der Waals surface area contributed by atoms with Gasteiger partial charge in [0, 0.05) is 19.8 Å². The van der Waals surface area contributed by atoms with E-state index in [4.69, 9.17) is 0 Å². The van der Waals surface area contributed by atoms with Gasteiger partial charge in [-0.3, -0.25) is 4.79 Å². The molecule has 1 aromatic rings. The maximum Gasteiger partial charge on any atom is 0.268 e. The number of carbonyl (C=O) groups excluding carboxylic acids is 1. The predicted octanol–water partition coefficient (Wildman–Crippen LogP) is 0.503. The van der Waals surface area contributed by atoms with E-state index < -0.39 is 15.9 Å². The van der Waals surface area contributed by atoms with Crippen LogP contribution in [0, 0.1) is 0 Å². The predicted molar refractivity (Wildman–Crippen MR) is 55.3 cm³/mol. The molecule has 0 atom stereocenters. The summed E-state index contributed by atoms with van der Waals surface area (Å²) in [5, 5.41) is 2.83. The molecule has 0 aliphatic carbocycles. The van der Waals surface area contributed by atoms with Crippen LogP contribution in [0.15, 0.2) is 23.1 Å². The van der Waals surface area contributed by atoms with E-state index in [-0.39, 0.29) is 10.5 Å². The Morgan fingerprint density at radius 1 is 1.33 bits per heavy atom. The summed E-state index contributed by atoms with van der Waals surface area (Å²) in [5.41, 5.74) is 0.900. The Morgan fingerprint density at radius 2 is 2.00 bits per heavy atom. The van der Waals surface area contributed by atoms with Crippen LogP contribution in [0.2, 0.25) is 0 Å². The molecule has 1 N–H and O–H groups in total. The summed E-state index contributed by atoms with van der Waals surface area (Å²) >= 11 is 0. The lowest BCUT2D eigenvalue weighted by atomic mass is 10.2. The monoisotopic (exact) mass is 226 g/mol. The second-order valence-corrected chi connectivity index (χ2v) is 5.18. The Hall–Kier alpha value is -1.56. The normalized spacial score (nSPS) is 17.7. The molecule has 0 radical (unpaired) electrons. The molecule has 5 nitrogen and oxygen atoms in total. The van der Waals surface area contributed by atoms with Crippen molar-refractivity contribution in [3.05, 3.63) is 23.8 Å². The number of carbonyl (C=O) groups is 1. The van der Waals surface area contributed by atoms with Gasteiger partial charge in [-0.15, -0.1) is 0 Å². The lowest BCUT2D eigenvalue weighted by Gasteiger charge is -2.06. The minimum Gasteiger partial charge on any atom is -0.388 e. The van der Waals surface area contributed by atoms with E-state index >= 15 is 0 Å². The van der Waals surface area contributed by atoms with Crippen molar-refractivity contribution in [3.8, 4) is 0 Å². The number of fused-ring (bicyclic) bond motifs is 1. The van der Waals surface area contributed by atoms with Crippen LogP contribution < -0.4 is 5.32 Å². The Morgan fingerprint density at radius 3 is 2.60 bits per heavy atom. The van der Waals surface area contributed by atoms with Crippen molar-refractivity contribution >= 4 is 21.6 Å². The van der Waals surface area contributed by atoms with Crippen molar-refractivity contribution < 1.29 is 13.2 Å². The molecule has 0 saturated heterocycles. The Bertz CT molecular complexity index is 536. The third-order valence-corrected chi connectivity index (χ3v) is 4.21. The van der Waals surface area contributed by atoms with Crippen LogP contribution in [0.1, 0.15) is 10.4 Å². The zero-order chi connectivity index (χ0) is 11.2. The van der Waals surface area contributed by atoms with E-state index in [1.165, 1.54) is 19.2 Å². The Labute approximate surface area is 87.8 Å². The number of anilines is 1. The minimum absolute atomic E-state index is 0.0712. The zero-order valence-electron chi connectivity index (χ0n) is 8.31. The highest BCUT2D eigenvalue weighted by molar-refractivity contribution is 7.90. The fraction of sp³-hybridized carbons (Fsp3) is 0.222. The number of rotatable bonds is 1. The van der Waals surface area contributed by atoms with Crippen LogP contribution in [-0.4, -0.2) is 32.7 Å². The molecule has 1 aliphatic rings. The fourth-order valence-corrected chi connectivity index (χ4v) is 2.82. The third kappa shape index (κ3) is 1.21. The highest BCUT2D eigenvalue weighted by Crippen LogP contribution is 2.30. The molecule has 1 heterocycles. The van der Waals surface area contributed by atoms with Crippen molar-refractivity contribution in [3.63, 3.8) is 0 Å². The van der Waals surface area contributed by atoms with Gasteiger partial charge in [-0.05, 0) is 18.2 Å². The molecular formula is C9H10N2O3S. The van der Waals surface area contributed by atoms with Crippen LogP contribution in [0.4, 0.5) is 5.69 Å². The number of sulfonamides is 1. The molecule has 2 rings (SSSR count). The topological polar surface area (TPSA) is 66.5 Å². The standard InChI is InChI=1S/C9H10N2O3S/c1-10-6-3-4-7-8(5-6)15(13,14)11(2)9(7)12/h3-5,10H,1-2H3. The smallest absolute Gasteiger partial charge is 0.268 e. The van der Waals surface area contributed by atoms with Gasteiger partial charge in [-0.2, -0.15) is 0 Å². The first kappa shape index (κ1) is 9.97. The lowest BCUT2D eigenvalue weighted by molar-refractivity contribution is 0.0891. The maximum atomic E-state index is 11.7. The number of benzene rings is 1. The van der Waals surface area contributed by atoms with Gasteiger partial charge >= 0.3 is 0 Å². The molecule has 0 saturated carbocycles. The van der Waals surface area contributed by atoms with Gasteiger partial charge in [0.15, 0.2) is 0 Å². The summed E-state index contributed by atoms with van der Waals surface area (Å²) in [5.74, 6) is -0.479. The molecule has 0 fully saturated rings. The Kier molecular flexibility index (Phi) is 1.97. The summed E-state index contributed by atoms with van der Waals surface area (Å²) in [7, 11) is -0.672. The summed E-state index contributed by atoms with van der Waals surface area (Å²) in [6.07, 6.45) is 0. The van der Waals surface area contributed by atoms with Gasteiger partial charge in [0.1, 0.15) is 4.90 Å². The highest BCUT2D eigenvalue weighted by atomic mass is 32.2. The van der Waals surface area contributed by atoms with Gasteiger partial charge in [-0.25, -0.2) is 12.7 Å². The van der Waals surface area contributed by atoms with Crippen molar-refractivity contribution in [1.82, 2.24) is 4.31 Å². The summed E-state index contributed by atoms with van der Waals surface area (Å²) in [6.45, 7) is 0. The SMILES string of the molecule is CNc1ccc2c(c1)S(=O)(=O)N(C)C2=O. The zero-order valence-corrected chi connectivity index (χ0v) is 9.13. The molecule has 1 amide bonds. The van der Waals surface area contributed by atoms with Crippen molar-refractivity contribution in [2.24, 2.45) is 0 Å². The minimum atomic E-state index is -3.62. The summed E-state index contributed by atoms with van der Waals surface area (Å²) in [4.78, 5) is 11.6. The number of hydrogen-bond donors (Lipinski definition) is 1. The second-order valence-electron chi connectivity index (χ2n) is 3.24. The van der Waals surface area contributed by atoms with Crippen molar-refractivity contribution in [2.75, 3.05) is 19.4 Å². The van der Waals surface area contributed by atoms with E-state index in [0.717, 1.165) is 4.31 Å². The van der Waals surface area contributed by atoms with Gasteiger partial charge in [0.25, 0.3) is 15.9 Å². The molecule has 1 aromatic carbocycles. The number of amides is 1. The molecule has 1 aliphatic heterocycles. The quantitative estimate of drug-likeness (QED) is 0.757. The molecule has 0 bridgehead atoms. The largest absolute Gasteiger partial charge is 0.388 e. The molecule has 0 aromatic heterocycles. The summed E-state index contributed by atoms with van der Waals surface area (Å²) < 4.78 is 24.2. The van der Waals surface area contributed by atoms with Crippen LogP contribution in [0.5, 0.6) is 0 Å². The Balaban J connectivity index is 2.74. The number of nitrogens with one attached hydrogen (secondary N) is 1. The van der Waals surface area contributed by atoms with Crippen molar-refractivity contribution in [2.45, 2.75) is 4.90 Å². The van der Waals surface area contributed by atoms with Gasteiger partial charge in [0.05, 0.1) is 5.56 Å². The lowest BCUT2D eigenvalue weighted by Crippen LogP contribution is -2.24. The molecule has 0 unspecified atom stereocenters. The van der Waals surface area contributed by atoms with E-state index in [1.54, 1.807) is 13.1 Å².